The molecule has 0 radical (unpaired) electrons. The van der Waals surface area contributed by atoms with Crippen molar-refractivity contribution in [2.24, 2.45) is 0 Å². The third-order valence-electron chi connectivity index (χ3n) is 2.87. The molecule has 0 aliphatic carbocycles. The zero-order valence-corrected chi connectivity index (χ0v) is 14.5. The number of rotatable bonds is 7. The summed E-state index contributed by atoms with van der Waals surface area (Å²) in [6.45, 7) is -0.349. The third-order valence-corrected chi connectivity index (χ3v) is 3.34. The first-order valence-electron chi connectivity index (χ1n) is 7.02. The normalized spacial score (nSPS) is 9.92. The number of aromatic nitrogens is 1. The van der Waals surface area contributed by atoms with Crippen molar-refractivity contribution >= 4 is 33.6 Å². The van der Waals surface area contributed by atoms with E-state index in [4.69, 9.17) is 9.47 Å². The van der Waals surface area contributed by atoms with E-state index in [0.29, 0.717) is 17.3 Å². The minimum atomic E-state index is -0.398. The molecule has 1 aromatic carbocycles. The van der Waals surface area contributed by atoms with Crippen LogP contribution < -0.4 is 20.1 Å². The van der Waals surface area contributed by atoms with Crippen molar-refractivity contribution in [3.8, 4) is 11.5 Å². The molecule has 0 aliphatic rings. The lowest BCUT2D eigenvalue weighted by Crippen LogP contribution is -2.35. The lowest BCUT2D eigenvalue weighted by atomic mass is 10.3. The van der Waals surface area contributed by atoms with Crippen LogP contribution in [0.5, 0.6) is 11.5 Å². The summed E-state index contributed by atoms with van der Waals surface area (Å²) in [5.74, 6) is 0.874. The van der Waals surface area contributed by atoms with Gasteiger partial charge in [0.2, 0.25) is 5.91 Å². The van der Waals surface area contributed by atoms with Gasteiger partial charge in [-0.05, 0) is 52.3 Å². The molecule has 0 unspecified atom stereocenters. The highest BCUT2D eigenvalue weighted by Gasteiger charge is 2.07. The minimum Gasteiger partial charge on any atom is -0.497 e. The number of pyridine rings is 1. The smallest absolute Gasteiger partial charge is 0.258 e. The van der Waals surface area contributed by atoms with Crippen LogP contribution in [0.25, 0.3) is 0 Å². The number of ether oxygens (including phenoxy) is 2. The molecule has 0 atom stereocenters. The summed E-state index contributed by atoms with van der Waals surface area (Å²) in [4.78, 5) is 27.4. The molecule has 0 spiro atoms. The van der Waals surface area contributed by atoms with E-state index in [1.54, 1.807) is 49.7 Å². The van der Waals surface area contributed by atoms with E-state index in [-0.39, 0.29) is 19.1 Å². The fourth-order valence-electron chi connectivity index (χ4n) is 1.69. The number of nitrogens with one attached hydrogen (secondary N) is 2. The molecule has 2 amide bonds. The predicted molar refractivity (Wildman–Crippen MR) is 92.1 cm³/mol. The fourth-order valence-corrected chi connectivity index (χ4v) is 1.92. The highest BCUT2D eigenvalue weighted by atomic mass is 79.9. The summed E-state index contributed by atoms with van der Waals surface area (Å²) >= 11 is 3.25. The maximum absolute atomic E-state index is 11.7. The Bertz CT molecular complexity index is 689. The first-order chi connectivity index (χ1) is 11.6. The van der Waals surface area contributed by atoms with E-state index in [9.17, 15) is 9.59 Å². The van der Waals surface area contributed by atoms with Crippen molar-refractivity contribution in [1.29, 1.82) is 0 Å². The Labute approximate surface area is 147 Å². The molecule has 8 heteroatoms. The van der Waals surface area contributed by atoms with E-state index >= 15 is 0 Å². The molecule has 126 valence electrons. The van der Waals surface area contributed by atoms with Gasteiger partial charge in [-0.2, -0.15) is 0 Å². The van der Waals surface area contributed by atoms with Crippen molar-refractivity contribution in [3.63, 3.8) is 0 Å². The van der Waals surface area contributed by atoms with Crippen LogP contribution in [0.3, 0.4) is 0 Å². The second-order valence-corrected chi connectivity index (χ2v) is 5.57. The maximum atomic E-state index is 11.7. The first-order valence-corrected chi connectivity index (χ1v) is 7.81. The van der Waals surface area contributed by atoms with Crippen molar-refractivity contribution in [2.75, 3.05) is 25.6 Å². The van der Waals surface area contributed by atoms with E-state index in [0.717, 1.165) is 4.47 Å². The van der Waals surface area contributed by atoms with Crippen molar-refractivity contribution in [3.05, 3.63) is 47.1 Å². The molecule has 2 aromatic rings. The van der Waals surface area contributed by atoms with Gasteiger partial charge in [0.25, 0.3) is 5.91 Å². The van der Waals surface area contributed by atoms with Crippen LogP contribution in [0.1, 0.15) is 0 Å². The highest BCUT2D eigenvalue weighted by molar-refractivity contribution is 9.10. The second-order valence-electron chi connectivity index (χ2n) is 4.65. The van der Waals surface area contributed by atoms with Crippen LogP contribution >= 0.6 is 15.9 Å². The Hall–Kier alpha value is -2.61. The van der Waals surface area contributed by atoms with Gasteiger partial charge in [-0.3, -0.25) is 9.59 Å². The summed E-state index contributed by atoms with van der Waals surface area (Å²) in [6, 6.07) is 10.2. The maximum Gasteiger partial charge on any atom is 0.258 e. The fraction of sp³-hybridized carbons (Fsp3) is 0.188. The standard InChI is InChI=1S/C16H16BrN3O4/c1-23-12-3-5-13(6-4-12)24-10-16(22)19-9-15(21)20-14-7-2-11(17)8-18-14/h2-8H,9-10H2,1H3,(H,19,22)(H,18,20,21). The van der Waals surface area contributed by atoms with Gasteiger partial charge in [-0.1, -0.05) is 0 Å². The van der Waals surface area contributed by atoms with Crippen LogP contribution in [-0.4, -0.2) is 37.1 Å². The van der Waals surface area contributed by atoms with E-state index in [2.05, 4.69) is 31.5 Å². The van der Waals surface area contributed by atoms with Gasteiger partial charge >= 0.3 is 0 Å². The van der Waals surface area contributed by atoms with Gasteiger partial charge in [-0.25, -0.2) is 4.98 Å². The monoisotopic (exact) mass is 393 g/mol. The number of hydrogen-bond donors (Lipinski definition) is 2. The Morgan fingerprint density at radius 2 is 1.79 bits per heavy atom. The van der Waals surface area contributed by atoms with Gasteiger partial charge in [-0.15, -0.1) is 0 Å². The van der Waals surface area contributed by atoms with Crippen LogP contribution in [0.4, 0.5) is 5.82 Å². The van der Waals surface area contributed by atoms with Gasteiger partial charge < -0.3 is 20.1 Å². The van der Waals surface area contributed by atoms with Crippen molar-refractivity contribution in [1.82, 2.24) is 10.3 Å². The van der Waals surface area contributed by atoms with E-state index < -0.39 is 5.91 Å². The first kappa shape index (κ1) is 17.7. The number of benzene rings is 1. The summed E-state index contributed by atoms with van der Waals surface area (Å²) < 4.78 is 11.2. The van der Waals surface area contributed by atoms with Gasteiger partial charge in [0.15, 0.2) is 6.61 Å². The summed E-state index contributed by atoms with van der Waals surface area (Å²) in [7, 11) is 1.57. The summed E-state index contributed by atoms with van der Waals surface area (Å²) in [6.07, 6.45) is 1.57. The van der Waals surface area contributed by atoms with Crippen LogP contribution in [0.2, 0.25) is 0 Å². The molecular formula is C16H16BrN3O4. The average Bonchev–Trinajstić information content (AvgIpc) is 2.60. The lowest BCUT2D eigenvalue weighted by molar-refractivity contribution is -0.125. The second kappa shape index (κ2) is 8.88. The molecule has 0 aliphatic heterocycles. The Kier molecular flexibility index (Phi) is 6.56. The molecule has 1 heterocycles. The quantitative estimate of drug-likeness (QED) is 0.750. The lowest BCUT2D eigenvalue weighted by Gasteiger charge is -2.08. The number of amides is 2. The highest BCUT2D eigenvalue weighted by Crippen LogP contribution is 2.16. The van der Waals surface area contributed by atoms with Crippen LogP contribution in [0, 0.1) is 0 Å². The Morgan fingerprint density at radius 3 is 2.42 bits per heavy atom. The summed E-state index contributed by atoms with van der Waals surface area (Å²) in [5, 5.41) is 5.04. The van der Waals surface area contributed by atoms with Crippen molar-refractivity contribution < 1.29 is 19.1 Å². The molecule has 0 bridgehead atoms. The van der Waals surface area contributed by atoms with E-state index in [1.807, 2.05) is 0 Å². The number of methoxy groups -OCH3 is 1. The Balaban J connectivity index is 1.70. The number of halogens is 1. The number of carbonyl (C=O) groups is 2. The molecule has 2 rings (SSSR count). The number of anilines is 1. The molecule has 0 fully saturated rings. The molecule has 0 saturated carbocycles. The number of hydrogen-bond acceptors (Lipinski definition) is 5. The van der Waals surface area contributed by atoms with E-state index in [1.165, 1.54) is 0 Å². The SMILES string of the molecule is COc1ccc(OCC(=O)NCC(=O)Nc2ccc(Br)cn2)cc1. The zero-order chi connectivity index (χ0) is 17.4. The van der Waals surface area contributed by atoms with Crippen LogP contribution in [-0.2, 0) is 9.59 Å². The minimum absolute atomic E-state index is 0.164. The molecule has 1 aromatic heterocycles. The predicted octanol–water partition coefficient (Wildman–Crippen LogP) is 1.99. The topological polar surface area (TPSA) is 89.5 Å². The van der Waals surface area contributed by atoms with Crippen LogP contribution in [0.15, 0.2) is 47.1 Å². The Morgan fingerprint density at radius 1 is 1.08 bits per heavy atom. The summed E-state index contributed by atoms with van der Waals surface area (Å²) in [5.41, 5.74) is 0. The van der Waals surface area contributed by atoms with Gasteiger partial charge in [0, 0.05) is 10.7 Å². The number of carbonyl (C=O) groups excluding carboxylic acids is 2. The third kappa shape index (κ3) is 5.88. The zero-order valence-electron chi connectivity index (χ0n) is 12.9. The molecule has 24 heavy (non-hydrogen) atoms. The van der Waals surface area contributed by atoms with Crippen molar-refractivity contribution in [2.45, 2.75) is 0 Å². The van der Waals surface area contributed by atoms with Gasteiger partial charge in [0.1, 0.15) is 17.3 Å². The molecular weight excluding hydrogens is 378 g/mol. The molecule has 7 nitrogen and oxygen atoms in total. The largest absolute Gasteiger partial charge is 0.497 e. The molecule has 2 N–H and O–H groups in total. The van der Waals surface area contributed by atoms with Gasteiger partial charge in [0.05, 0.1) is 13.7 Å². The number of nitrogens with zero attached hydrogens (tertiary/aromatic N) is 1. The average molecular weight is 394 g/mol. The molecule has 0 saturated heterocycles.